The van der Waals surface area contributed by atoms with Crippen LogP contribution in [0.25, 0.3) is 99.1 Å². The number of rotatable bonds is 5. The van der Waals surface area contributed by atoms with Crippen molar-refractivity contribution in [2.24, 2.45) is 0 Å². The Balaban J connectivity index is 1.24. The monoisotopic (exact) mass is 756 g/mol. The van der Waals surface area contributed by atoms with Gasteiger partial charge in [-0.15, -0.1) is 10.9 Å². The summed E-state index contributed by atoms with van der Waals surface area (Å²) in [4.78, 5) is 0. The number of benzene rings is 9. The van der Waals surface area contributed by atoms with E-state index in [4.69, 9.17) is 54.9 Å². The van der Waals surface area contributed by atoms with Gasteiger partial charge in [0.1, 0.15) is 54.9 Å². The maximum atomic E-state index is 7.42. The summed E-state index contributed by atoms with van der Waals surface area (Å²) >= 11 is 0. The molecule has 0 amide bonds. The van der Waals surface area contributed by atoms with Gasteiger partial charge in [-0.05, 0) is 80.6 Å². The summed E-state index contributed by atoms with van der Waals surface area (Å²) in [7, 11) is 48.8. The van der Waals surface area contributed by atoms with Crippen LogP contribution in [0.15, 0.2) is 164 Å². The van der Waals surface area contributed by atoms with Crippen LogP contribution in [0.2, 0.25) is 0 Å². The molecule has 0 aliphatic carbocycles. The predicted molar refractivity (Wildman–Crippen MR) is 267 cm³/mol. The summed E-state index contributed by atoms with van der Waals surface area (Å²) in [6.45, 7) is 0. The van der Waals surface area contributed by atoms with Crippen molar-refractivity contribution in [2.45, 2.75) is 0 Å². The molecule has 61 heavy (non-hydrogen) atoms. The lowest BCUT2D eigenvalue weighted by Gasteiger charge is -2.20. The Kier molecular flexibility index (Phi) is 8.69. The fraction of sp³-hybridized carbons (Fsp3) is 0. The van der Waals surface area contributed by atoms with Gasteiger partial charge in [-0.25, -0.2) is 0 Å². The zero-order valence-electron chi connectivity index (χ0n) is 33.0. The second kappa shape index (κ2) is 14.2. The lowest BCUT2D eigenvalue weighted by atomic mass is 9.64. The van der Waals surface area contributed by atoms with E-state index in [-0.39, 0.29) is 21.9 Å². The SMILES string of the molecule is [B]c1c([B])c([B])c2c(c1[B])c1c([B])c(-c3ccc4c(c3)c3c(-c5ccccc5)cccc3n4-c3cccc(-c4ccccc4)c3)c([B])c([B])c1n2-c1cccc2ccccc12. The van der Waals surface area contributed by atoms with Crippen molar-refractivity contribution in [2.75, 3.05) is 0 Å². The number of hydrogen-bond acceptors (Lipinski definition) is 0. The molecular weight excluding hydrogens is 728 g/mol. The molecule has 11 aromatic rings. The van der Waals surface area contributed by atoms with E-state index in [1.54, 1.807) is 0 Å². The summed E-state index contributed by atoms with van der Waals surface area (Å²) in [5, 5.41) is 5.24. The molecule has 0 unspecified atom stereocenters. The first-order chi connectivity index (χ1) is 29.7. The highest BCUT2D eigenvalue weighted by Gasteiger charge is 2.26. The first-order valence-electron chi connectivity index (χ1n) is 20.1. The number of nitrogens with zero attached hydrogens (tertiary/aromatic N) is 2. The Morgan fingerprint density at radius 2 is 0.934 bits per heavy atom. The van der Waals surface area contributed by atoms with Crippen molar-refractivity contribution in [3.63, 3.8) is 0 Å². The molecule has 14 radical (unpaired) electrons. The normalized spacial score (nSPS) is 11.7. The minimum atomic E-state index is 0.178. The molecule has 0 saturated carbocycles. The van der Waals surface area contributed by atoms with Gasteiger partial charge in [0.05, 0.1) is 16.7 Å². The van der Waals surface area contributed by atoms with Crippen LogP contribution in [0.1, 0.15) is 0 Å². The molecule has 0 aliphatic rings. The van der Waals surface area contributed by atoms with Gasteiger partial charge in [0.15, 0.2) is 0 Å². The smallest absolute Gasteiger partial charge is 0.115 e. The van der Waals surface area contributed by atoms with Crippen LogP contribution in [0.3, 0.4) is 0 Å². The van der Waals surface area contributed by atoms with E-state index in [0.717, 1.165) is 71.8 Å². The van der Waals surface area contributed by atoms with Gasteiger partial charge in [-0.1, -0.05) is 155 Å². The number of hydrogen-bond donors (Lipinski definition) is 0. The average molecular weight is 755 g/mol. The van der Waals surface area contributed by atoms with Crippen LogP contribution in [0.5, 0.6) is 0 Å². The van der Waals surface area contributed by atoms with E-state index in [9.17, 15) is 0 Å². The van der Waals surface area contributed by atoms with Crippen molar-refractivity contribution in [3.05, 3.63) is 164 Å². The molecule has 2 aromatic heterocycles. The van der Waals surface area contributed by atoms with E-state index in [0.29, 0.717) is 43.8 Å². The van der Waals surface area contributed by atoms with Crippen LogP contribution < -0.4 is 38.2 Å². The van der Waals surface area contributed by atoms with Crippen molar-refractivity contribution < 1.29 is 0 Å². The third-order valence-corrected chi connectivity index (χ3v) is 12.3. The van der Waals surface area contributed by atoms with Crippen LogP contribution in [-0.4, -0.2) is 64.1 Å². The third-order valence-electron chi connectivity index (χ3n) is 12.3. The van der Waals surface area contributed by atoms with Gasteiger partial charge in [-0.2, -0.15) is 0 Å². The van der Waals surface area contributed by atoms with Crippen LogP contribution in [0, 0.1) is 0 Å². The fourth-order valence-corrected chi connectivity index (χ4v) is 9.46. The van der Waals surface area contributed by atoms with Crippen LogP contribution >= 0.6 is 0 Å². The lowest BCUT2D eigenvalue weighted by molar-refractivity contribution is 1.18. The molecule has 9 aromatic carbocycles. The molecule has 9 heteroatoms. The minimum Gasteiger partial charge on any atom is -0.310 e. The molecule has 0 bridgehead atoms. The highest BCUT2D eigenvalue weighted by molar-refractivity contribution is 6.69. The van der Waals surface area contributed by atoms with Gasteiger partial charge in [-0.3, -0.25) is 0 Å². The predicted octanol–water partition coefficient (Wildman–Crippen LogP) is 5.59. The second-order valence-electron chi connectivity index (χ2n) is 15.6. The first kappa shape index (κ1) is 37.3. The molecule has 0 fully saturated rings. The standard InChI is InChI=1S/C52H27B7N2/c53-44-40(45(54)49(58)51-42(44)43-46(55)47(56)48(57)50(59)52(43)61(51)37-22-10-17-29-16-7-8-20-34(29)37)32-24-25-38-36(27-32)41-35(30-14-5-2-6-15-30)21-11-23-39(41)60(38)33-19-9-18-31(26-33)28-12-3-1-4-13-28/h1-27H. The zero-order valence-corrected chi connectivity index (χ0v) is 33.0. The van der Waals surface area contributed by atoms with Crippen molar-refractivity contribution in [3.8, 4) is 44.8 Å². The molecular formula is C52H27B7N2. The van der Waals surface area contributed by atoms with Gasteiger partial charge in [0.25, 0.3) is 0 Å². The minimum absolute atomic E-state index is 0.178. The van der Waals surface area contributed by atoms with Crippen LogP contribution in [0.4, 0.5) is 0 Å². The van der Waals surface area contributed by atoms with Crippen molar-refractivity contribution in [1.29, 1.82) is 0 Å². The molecule has 2 heterocycles. The Morgan fingerprint density at radius 3 is 1.70 bits per heavy atom. The molecule has 0 saturated heterocycles. The van der Waals surface area contributed by atoms with E-state index in [2.05, 4.69) is 126 Å². The van der Waals surface area contributed by atoms with Gasteiger partial charge in [0, 0.05) is 38.3 Å². The first-order valence-corrected chi connectivity index (χ1v) is 20.1. The molecule has 2 nitrogen and oxygen atoms in total. The van der Waals surface area contributed by atoms with Gasteiger partial charge >= 0.3 is 0 Å². The quantitative estimate of drug-likeness (QED) is 0.203. The van der Waals surface area contributed by atoms with E-state index in [1.165, 1.54) is 0 Å². The lowest BCUT2D eigenvalue weighted by Crippen LogP contribution is -2.48. The fourth-order valence-electron chi connectivity index (χ4n) is 9.46. The molecule has 0 atom stereocenters. The second-order valence-corrected chi connectivity index (χ2v) is 15.6. The highest BCUT2D eigenvalue weighted by Crippen LogP contribution is 2.41. The average Bonchev–Trinajstić information content (AvgIpc) is 3.84. The highest BCUT2D eigenvalue weighted by atomic mass is 15.0. The molecule has 0 aliphatic heterocycles. The van der Waals surface area contributed by atoms with Crippen molar-refractivity contribution in [1.82, 2.24) is 9.13 Å². The summed E-state index contributed by atoms with van der Waals surface area (Å²) in [5.74, 6) is 0. The Bertz CT molecular complexity index is 3600. The third kappa shape index (κ3) is 5.53. The summed E-state index contributed by atoms with van der Waals surface area (Å²) in [6, 6.07) is 56.5. The summed E-state index contributed by atoms with van der Waals surface area (Å²) in [6.07, 6.45) is 0. The Labute approximate surface area is 363 Å². The summed E-state index contributed by atoms with van der Waals surface area (Å²) in [5.41, 5.74) is 12.8. The van der Waals surface area contributed by atoms with Gasteiger partial charge in [0.2, 0.25) is 0 Å². The van der Waals surface area contributed by atoms with E-state index in [1.807, 2.05) is 47.0 Å². The molecule has 11 rings (SSSR count). The molecule has 0 spiro atoms. The molecule has 0 N–H and O–H groups in total. The zero-order chi connectivity index (χ0) is 41.7. The van der Waals surface area contributed by atoms with Gasteiger partial charge < -0.3 is 9.13 Å². The Hall–Kier alpha value is -6.71. The van der Waals surface area contributed by atoms with E-state index < -0.39 is 0 Å². The largest absolute Gasteiger partial charge is 0.310 e. The van der Waals surface area contributed by atoms with E-state index >= 15 is 0 Å². The Morgan fingerprint density at radius 1 is 0.328 bits per heavy atom. The van der Waals surface area contributed by atoms with Crippen molar-refractivity contribution >= 4 is 148 Å². The van der Waals surface area contributed by atoms with Crippen LogP contribution in [-0.2, 0) is 0 Å². The number of aromatic nitrogens is 2. The summed E-state index contributed by atoms with van der Waals surface area (Å²) < 4.78 is 4.30. The maximum absolute atomic E-state index is 7.42. The topological polar surface area (TPSA) is 9.86 Å². The maximum Gasteiger partial charge on any atom is 0.115 e. The molecule has 266 valence electrons. The number of fused-ring (bicyclic) bond motifs is 7.